The average molecular weight is 2110 g/mol. The van der Waals surface area contributed by atoms with E-state index in [0.29, 0.717) is 112 Å². The number of nitro benzene ring substituents is 2. The fourth-order valence-corrected chi connectivity index (χ4v) is 19.6. The summed E-state index contributed by atoms with van der Waals surface area (Å²) in [5.41, 5.74) is 9.89. The van der Waals surface area contributed by atoms with Crippen molar-refractivity contribution in [2.45, 2.75) is 212 Å². The molecule has 9 fully saturated rings. The predicted octanol–water partition coefficient (Wildman–Crippen LogP) is 8.35. The summed E-state index contributed by atoms with van der Waals surface area (Å²) < 4.78 is 97.8. The number of hydrogen-bond donors (Lipinski definition) is 16. The number of allylic oxidation sites excluding steroid dienone is 8. The Kier molecular flexibility index (Phi) is 43.8. The molecule has 17 rings (SSSR count). The zero-order valence-electron chi connectivity index (χ0n) is 83.1. The number of imidazole rings is 1. The van der Waals surface area contributed by atoms with Crippen LogP contribution < -0.4 is 88.2 Å². The number of sulfonamides is 3. The highest BCUT2D eigenvalue weighted by molar-refractivity contribution is 7.90. The first-order valence-corrected chi connectivity index (χ1v) is 52.5. The van der Waals surface area contributed by atoms with Gasteiger partial charge < -0.3 is 81.5 Å². The van der Waals surface area contributed by atoms with Crippen molar-refractivity contribution in [1.82, 2.24) is 92.5 Å². The number of carbonyl (C=O) groups excluding carboxylic acids is 9. The molecule has 796 valence electrons. The normalized spacial score (nSPS) is 20.4. The van der Waals surface area contributed by atoms with E-state index in [0.717, 1.165) is 166 Å². The number of ether oxygens (including phenoxy) is 1. The molecule has 44 nitrogen and oxygen atoms in total. The van der Waals surface area contributed by atoms with E-state index >= 15 is 0 Å². The van der Waals surface area contributed by atoms with Gasteiger partial charge >= 0.3 is 0 Å². The van der Waals surface area contributed by atoms with Crippen molar-refractivity contribution in [3.05, 3.63) is 317 Å². The molecule has 8 amide bonds. The molecular formula is C102H128N22O22S3. The largest absolute Gasteiger partial charge is 0.468 e. The maximum atomic E-state index is 12.3. The molecule has 4 aromatic carbocycles. The molecule has 0 radical (unpaired) electrons. The number of morpholine rings is 1. The van der Waals surface area contributed by atoms with E-state index in [-0.39, 0.29) is 91.5 Å². The van der Waals surface area contributed by atoms with Gasteiger partial charge in [-0.2, -0.15) is 14.2 Å². The lowest BCUT2D eigenvalue weighted by Gasteiger charge is -2.29. The quantitative estimate of drug-likeness (QED) is 0.0124. The van der Waals surface area contributed by atoms with E-state index in [9.17, 15) is 88.6 Å². The Balaban J connectivity index is 0.000000175. The fourth-order valence-electron chi connectivity index (χ4n) is 15.8. The maximum absolute atomic E-state index is 12.3. The van der Waals surface area contributed by atoms with Gasteiger partial charge in [-0.05, 0) is 207 Å². The number of amides is 8. The third kappa shape index (κ3) is 37.5. The highest BCUT2D eigenvalue weighted by Crippen LogP contribution is 2.27. The molecule has 0 spiro atoms. The van der Waals surface area contributed by atoms with Crippen LogP contribution in [0.15, 0.2) is 286 Å². The van der Waals surface area contributed by atoms with Crippen LogP contribution in [0, 0.1) is 27.2 Å². The second kappa shape index (κ2) is 56.3. The van der Waals surface area contributed by atoms with Gasteiger partial charge in [-0.15, -0.1) is 0 Å². The summed E-state index contributed by atoms with van der Waals surface area (Å²) in [6.07, 6.45) is 17.5. The van der Waals surface area contributed by atoms with Crippen molar-refractivity contribution < 1.29 is 91.8 Å². The summed E-state index contributed by atoms with van der Waals surface area (Å²) in [6.45, 7) is 40.3. The van der Waals surface area contributed by atoms with Crippen LogP contribution >= 0.6 is 0 Å². The highest BCUT2D eigenvalue weighted by atomic mass is 32.2. The van der Waals surface area contributed by atoms with E-state index in [1.807, 2.05) is 56.3 Å². The molecule has 1 saturated carbocycles. The number of pyridine rings is 1. The molecule has 8 unspecified atom stereocenters. The first kappa shape index (κ1) is 116. The Morgan fingerprint density at radius 1 is 0.463 bits per heavy atom. The second-order valence-electron chi connectivity index (χ2n) is 35.8. The molecule has 0 bridgehead atoms. The number of piperidine rings is 7. The average Bonchev–Trinajstić information content (AvgIpc) is 1.72. The lowest BCUT2D eigenvalue weighted by atomic mass is 9.90. The van der Waals surface area contributed by atoms with Crippen LogP contribution in [-0.2, 0) is 106 Å². The Morgan fingerprint density at radius 3 is 1.33 bits per heavy atom. The number of Topliss-reactive ketones (excluding diaryl/α,β-unsaturated/α-hetero) is 1. The van der Waals surface area contributed by atoms with Crippen LogP contribution in [0.3, 0.4) is 0 Å². The van der Waals surface area contributed by atoms with Gasteiger partial charge in [-0.1, -0.05) is 88.5 Å². The minimum absolute atomic E-state index is 0.000437. The molecule has 8 aromatic rings. The lowest BCUT2D eigenvalue weighted by molar-refractivity contribution is -0.385. The third-order valence-corrected chi connectivity index (χ3v) is 28.5. The van der Waals surface area contributed by atoms with Crippen molar-refractivity contribution in [2.24, 2.45) is 7.05 Å². The topological polar surface area (TPSA) is 604 Å². The summed E-state index contributed by atoms with van der Waals surface area (Å²) in [4.78, 5) is 135. The molecule has 47 heteroatoms. The highest BCUT2D eigenvalue weighted by Gasteiger charge is 2.36. The van der Waals surface area contributed by atoms with E-state index in [1.54, 1.807) is 42.3 Å². The Hall–Kier alpha value is -14.9. The van der Waals surface area contributed by atoms with Gasteiger partial charge in [0, 0.05) is 128 Å². The number of aryl methyl sites for hydroxylation is 2. The van der Waals surface area contributed by atoms with Crippen LogP contribution in [0.4, 0.5) is 22.7 Å². The number of rotatable bonds is 28. The Morgan fingerprint density at radius 2 is 0.906 bits per heavy atom. The second-order valence-corrected chi connectivity index (χ2v) is 40.9. The number of nitrogens with one attached hydrogen (secondary N) is 16. The predicted molar refractivity (Wildman–Crippen MR) is 556 cm³/mol. The molecule has 9 aliphatic rings. The van der Waals surface area contributed by atoms with Gasteiger partial charge in [-0.25, -0.2) is 30.2 Å². The number of anilines is 2. The maximum Gasteiger partial charge on any atom is 0.270 e. The number of nitrogens with zero attached hydrogens (tertiary/aromatic N) is 6. The van der Waals surface area contributed by atoms with Crippen LogP contribution in [-0.4, -0.2) is 184 Å². The van der Waals surface area contributed by atoms with Gasteiger partial charge in [0.25, 0.3) is 17.3 Å². The molecule has 12 heterocycles. The van der Waals surface area contributed by atoms with Gasteiger partial charge in [0.2, 0.25) is 71.4 Å². The summed E-state index contributed by atoms with van der Waals surface area (Å²) >= 11 is 0. The third-order valence-electron chi connectivity index (χ3n) is 24.1. The van der Waals surface area contributed by atoms with Gasteiger partial charge in [0.15, 0.2) is 5.78 Å². The molecule has 8 aliphatic heterocycles. The van der Waals surface area contributed by atoms with E-state index < -0.39 is 75.9 Å². The van der Waals surface area contributed by atoms with Gasteiger partial charge in [-0.3, -0.25) is 79.0 Å². The number of non-ortho nitro benzene ring substituents is 2. The van der Waals surface area contributed by atoms with Crippen LogP contribution in [0.25, 0.3) is 0 Å². The zero-order chi connectivity index (χ0) is 108. The summed E-state index contributed by atoms with van der Waals surface area (Å²) in [6, 6.07) is 34.0. The number of furan rings is 2. The standard InChI is InChI=1S/C18H24N2O2.C14H19N3O3S.2C12H13N3O5S.C12H15N3O.C12H16N2O2.C11H14N4O2.C11H14N2O2/c1-14-2-7-17(18(21)12-14)19-13-15-3-5-16(6-4-15)20-8-10-22-11-9-20;1-3-15-11-5-4-6-12(9-11)21(19,20)17-13-8-7-10(2)16-14(13)18;1-8-2-7-11(12(16)13-8)14-21(19,20)10-5-3-9(4-6-10)15(17)18;1-8-5-6-11(12(16)13-8)14-21(19,20)10-4-2-3-9(7-10)15(17)18;1-9-5-6-11(12(16)15-9)14-8-10-4-2-3-7-13-10;1-8-3-6-11(12(15)14-8)13-7-10-5-4-9(2)16-10;1-7-3-4-8(10(16)13-7)14-11(17)9-5-12-6-15(9)2;1-8-4-5-10(11(14)13-8)12-7-9-3-2-6-15-9/h3-6,17,19H,1-2,7-13H2;4-6,9,13,15,17H,2-3,7-8H2,1H3,(H,16,18);3-6,11,14H,1-2,7H2,(H,13,16);2-4,7,11,14H,1,5-6H2,(H,13,16);2-4,7,11,14H,1,5-6,8H2,(H,15,16);4-5,11,13H,1,3,6-7H2,2H3,(H,14,15);5-6,8H,1,3-4H2,2H3,(H,13,16)(H,14,17);2-3,6,10,12H,1,4-5,7H2,(H,13,14). The smallest absolute Gasteiger partial charge is 0.270 e. The first-order valence-electron chi connectivity index (χ1n) is 48.1. The molecule has 149 heavy (non-hydrogen) atoms. The minimum Gasteiger partial charge on any atom is -0.468 e. The summed E-state index contributed by atoms with van der Waals surface area (Å²) in [7, 11) is -9.93. The van der Waals surface area contributed by atoms with Crippen molar-refractivity contribution in [3.63, 3.8) is 0 Å². The SMILES string of the molecule is C=C1CCC(NC(=O)c2cncn2C)C(=O)N1.C=C1CCC(NCc2ccc(C)o2)C(=O)N1.C=C1CCC(NCc2ccc(N3CCOCC3)cc2)C(=O)C1.C=C1CCC(NCc2ccccn2)C(=O)N1.C=C1CCC(NCc2ccco2)C(=O)N1.C=C1CCC(NS(=O)(=O)c2ccc([N+](=O)[O-])cc2)C(=O)N1.C=C1CCC(NS(=O)(=O)c2cccc(NCC)c2)C(=O)N1.C=C1CCC(NS(=O)(=O)c2cccc([N+](=O)[O-])c2)C(=O)N1. The molecule has 4 aromatic heterocycles. The summed E-state index contributed by atoms with van der Waals surface area (Å²) in [5, 5.41) is 58.2. The van der Waals surface area contributed by atoms with Crippen LogP contribution in [0.5, 0.6) is 0 Å². The van der Waals surface area contributed by atoms with E-state index in [1.165, 1.54) is 48.0 Å². The van der Waals surface area contributed by atoms with Crippen molar-refractivity contribution in [2.75, 3.05) is 43.1 Å². The number of nitro groups is 2. The van der Waals surface area contributed by atoms with E-state index in [4.69, 9.17) is 13.6 Å². The number of aromatic nitrogens is 3. The molecule has 16 N–H and O–H groups in total. The number of hydrogen-bond acceptors (Lipinski definition) is 30. The fraction of sp³-hybridized carbons (Fsp3) is 0.363. The number of benzene rings is 4. The van der Waals surface area contributed by atoms with Crippen molar-refractivity contribution in [3.8, 4) is 0 Å². The Labute approximate surface area is 864 Å². The van der Waals surface area contributed by atoms with Crippen LogP contribution in [0.1, 0.15) is 155 Å². The monoisotopic (exact) mass is 2110 g/mol. The minimum atomic E-state index is -4.01. The number of carbonyl (C=O) groups is 9. The van der Waals surface area contributed by atoms with E-state index in [2.05, 4.69) is 175 Å². The molecule has 8 saturated heterocycles. The Bertz CT molecular complexity index is 6550. The molecular weight excluding hydrogens is 1980 g/mol. The zero-order valence-corrected chi connectivity index (χ0v) is 85.6. The van der Waals surface area contributed by atoms with Crippen LogP contribution in [0.2, 0.25) is 0 Å². The lowest BCUT2D eigenvalue weighted by Crippen LogP contribution is -2.49. The number of ketones is 1. The van der Waals surface area contributed by atoms with Crippen molar-refractivity contribution in [1.29, 1.82) is 0 Å². The first-order chi connectivity index (χ1) is 71.0. The van der Waals surface area contributed by atoms with Gasteiger partial charge in [0.05, 0.1) is 99.5 Å². The molecule has 1 aliphatic carbocycles. The molecule has 8 atom stereocenters. The van der Waals surface area contributed by atoms with Crippen molar-refractivity contribution >= 4 is 106 Å². The summed E-state index contributed by atoms with van der Waals surface area (Å²) in [5.74, 6) is 1.05. The van der Waals surface area contributed by atoms with Gasteiger partial charge in [0.1, 0.15) is 47.1 Å².